The number of nitrogens with zero attached hydrogens (tertiary/aromatic N) is 2. The summed E-state index contributed by atoms with van der Waals surface area (Å²) in [7, 11) is -5.58. The molecular weight excluding hydrogens is 316 g/mol. The van der Waals surface area contributed by atoms with Crippen LogP contribution in [0.3, 0.4) is 0 Å². The molecule has 4 nitrogen and oxygen atoms in total. The third-order valence-electron chi connectivity index (χ3n) is 0.453. The molecule has 87 valence electrons. The molecule has 0 rings (SSSR count). The van der Waals surface area contributed by atoms with Crippen molar-refractivity contribution in [1.29, 1.82) is 0 Å². The summed E-state index contributed by atoms with van der Waals surface area (Å²) in [6.07, 6.45) is 0. The van der Waals surface area contributed by atoms with Gasteiger partial charge in [-0.15, -0.1) is 6.01 Å². The quantitative estimate of drug-likeness (QED) is 0.541. The first-order valence-electron chi connectivity index (χ1n) is 1.73. The molecule has 0 saturated carbocycles. The van der Waals surface area contributed by atoms with Crippen molar-refractivity contribution in [2.24, 2.45) is 4.40 Å². The molecule has 0 heterocycles. The Balaban J connectivity index is -0.0000000675. The minimum absolute atomic E-state index is 0. The molecule has 0 fully saturated rings. The molecule has 0 aromatic rings. The smallest absolute Gasteiger partial charge is 0.422 e. The Morgan fingerprint density at radius 1 is 1.21 bits per heavy atom. The van der Waals surface area contributed by atoms with E-state index in [4.69, 9.17) is 5.41 Å². The van der Waals surface area contributed by atoms with Gasteiger partial charge < -0.3 is 9.81 Å². The van der Waals surface area contributed by atoms with E-state index in [1.807, 2.05) is 0 Å². The Kier molecular flexibility index (Phi) is 19.8. The summed E-state index contributed by atoms with van der Waals surface area (Å²) >= 11 is 0. The van der Waals surface area contributed by atoms with Gasteiger partial charge in [0, 0.05) is 8.41 Å². The maximum Gasteiger partial charge on any atom is 1.00 e. The molecule has 0 saturated heterocycles. The fourth-order valence-corrected chi connectivity index (χ4v) is 0.317. The zero-order valence-electron chi connectivity index (χ0n) is 5.13. The first-order valence-corrected chi connectivity index (χ1v) is 3.17. The molecule has 0 aromatic heterocycles. The predicted molar refractivity (Wildman–Crippen MR) is 45.0 cm³/mol. The second-order valence-corrected chi connectivity index (χ2v) is 2.71. The topological polar surface area (TPSA) is 68.8 Å². The number of sulfonamides is 1. The summed E-state index contributed by atoms with van der Waals surface area (Å²) in [4.78, 5) is 0. The van der Waals surface area contributed by atoms with E-state index in [1.165, 1.54) is 0 Å². The van der Waals surface area contributed by atoms with Gasteiger partial charge in [-0.25, -0.2) is 8.42 Å². The molecule has 0 unspecified atom stereocenters. The van der Waals surface area contributed by atoms with Gasteiger partial charge in [0.1, 0.15) is 0 Å². The molecular formula is C4H8AgBF3N2O2S. The third-order valence-corrected chi connectivity index (χ3v) is 1.36. The van der Waals surface area contributed by atoms with E-state index in [0.29, 0.717) is 6.01 Å². The van der Waals surface area contributed by atoms with Crippen molar-refractivity contribution < 1.29 is 44.0 Å². The van der Waals surface area contributed by atoms with Crippen molar-refractivity contribution in [3.63, 3.8) is 0 Å². The van der Waals surface area contributed by atoms with Crippen LogP contribution in [0.2, 0.25) is 0 Å². The standard InChI is InChI=1S/C2F3N2O2S.2CH4.Ag.B/c3-2(4,5)10(8,9)7-1-6;;;;/h;2*1H4;;/q-1;;;+1;. The average Bonchev–Trinajstić information content (AvgIpc) is 1.61. The average molecular weight is 324 g/mol. The first-order chi connectivity index (χ1) is 4.31. The molecule has 14 heavy (non-hydrogen) atoms. The maximum atomic E-state index is 11.2. The fraction of sp³-hybridized carbons (Fsp3) is 0.750. The van der Waals surface area contributed by atoms with Crippen LogP contribution >= 0.6 is 0 Å². The van der Waals surface area contributed by atoms with Crippen LogP contribution < -0.4 is 0 Å². The van der Waals surface area contributed by atoms with Gasteiger partial charge in [0.15, 0.2) is 0 Å². The molecule has 0 aliphatic heterocycles. The number of halogens is 3. The van der Waals surface area contributed by atoms with Crippen LogP contribution in [-0.2, 0) is 32.4 Å². The van der Waals surface area contributed by atoms with E-state index in [1.54, 1.807) is 4.40 Å². The Bertz CT molecular complexity index is 273. The third kappa shape index (κ3) is 8.52. The Labute approximate surface area is 98.6 Å². The van der Waals surface area contributed by atoms with Crippen LogP contribution in [0.15, 0.2) is 4.40 Å². The molecule has 0 bridgehead atoms. The monoisotopic (exact) mass is 323 g/mol. The van der Waals surface area contributed by atoms with Gasteiger partial charge in [0.25, 0.3) is 10.0 Å². The van der Waals surface area contributed by atoms with Crippen LogP contribution in [-0.4, -0.2) is 28.3 Å². The van der Waals surface area contributed by atoms with Gasteiger partial charge in [-0.1, -0.05) is 14.9 Å². The van der Waals surface area contributed by atoms with E-state index in [-0.39, 0.29) is 45.6 Å². The zero-order valence-corrected chi connectivity index (χ0v) is 7.43. The van der Waals surface area contributed by atoms with Crippen molar-refractivity contribution >= 4 is 24.4 Å². The minimum Gasteiger partial charge on any atom is -0.422 e. The number of hydrogen-bond acceptors (Lipinski definition) is 2. The van der Waals surface area contributed by atoms with Gasteiger partial charge in [0.2, 0.25) is 0 Å². The summed E-state index contributed by atoms with van der Waals surface area (Å²) < 4.78 is 54.7. The molecule has 0 atom stereocenters. The molecule has 3 radical (unpaired) electrons. The van der Waals surface area contributed by atoms with Crippen LogP contribution in [0.5, 0.6) is 0 Å². The van der Waals surface area contributed by atoms with Gasteiger partial charge >= 0.3 is 27.9 Å². The minimum atomic E-state index is -5.58. The van der Waals surface area contributed by atoms with Crippen molar-refractivity contribution in [3.05, 3.63) is 5.41 Å². The summed E-state index contributed by atoms with van der Waals surface area (Å²) in [5.41, 5.74) is -5.47. The Morgan fingerprint density at radius 3 is 1.57 bits per heavy atom. The molecule has 0 amide bonds. The second kappa shape index (κ2) is 9.48. The fourth-order valence-electron chi connectivity index (χ4n) is 0.106. The second-order valence-electron chi connectivity index (χ2n) is 1.11. The normalized spacial score (nSPS) is 8.79. The molecule has 10 heteroatoms. The Hall–Kier alpha value is -0.0748. The molecule has 0 aliphatic carbocycles. The van der Waals surface area contributed by atoms with E-state index < -0.39 is 15.5 Å². The summed E-state index contributed by atoms with van der Waals surface area (Å²) in [5, 5.41) is 7.47. The molecule has 0 aliphatic rings. The van der Waals surface area contributed by atoms with Crippen LogP contribution in [0.1, 0.15) is 14.9 Å². The van der Waals surface area contributed by atoms with Gasteiger partial charge in [-0.05, 0) is 0 Å². The van der Waals surface area contributed by atoms with Gasteiger partial charge in [-0.2, -0.15) is 13.2 Å². The maximum absolute atomic E-state index is 11.2. The number of alkyl halides is 3. The zero-order chi connectivity index (χ0) is 8.41. The molecule has 0 spiro atoms. The van der Waals surface area contributed by atoms with E-state index >= 15 is 0 Å². The van der Waals surface area contributed by atoms with Crippen molar-refractivity contribution in [2.45, 2.75) is 20.4 Å². The Morgan fingerprint density at radius 2 is 1.50 bits per heavy atom. The summed E-state index contributed by atoms with van der Waals surface area (Å²) in [5.74, 6) is 0. The number of hydrogen-bond donors (Lipinski definition) is 0. The van der Waals surface area contributed by atoms with Crippen molar-refractivity contribution in [1.82, 2.24) is 0 Å². The molecule has 0 aromatic carbocycles. The van der Waals surface area contributed by atoms with Gasteiger partial charge in [0.05, 0.1) is 0 Å². The van der Waals surface area contributed by atoms with Gasteiger partial charge in [-0.3, -0.25) is 0 Å². The summed E-state index contributed by atoms with van der Waals surface area (Å²) in [6, 6.07) is 0.532. The predicted octanol–water partition coefficient (Wildman–Crippen LogP) is 1.47. The van der Waals surface area contributed by atoms with Crippen molar-refractivity contribution in [3.8, 4) is 0 Å². The SMILES string of the molecule is C.C.[Ag+].[B].[N-]=C=NS(=O)(=O)C(F)(F)F. The molecule has 0 N–H and O–H groups in total. The van der Waals surface area contributed by atoms with E-state index in [2.05, 4.69) is 0 Å². The van der Waals surface area contributed by atoms with E-state index in [0.717, 1.165) is 0 Å². The van der Waals surface area contributed by atoms with Crippen LogP contribution in [0, 0.1) is 0 Å². The summed E-state index contributed by atoms with van der Waals surface area (Å²) in [6.45, 7) is 0. The van der Waals surface area contributed by atoms with Crippen LogP contribution in [0.4, 0.5) is 13.2 Å². The number of rotatable bonds is 1. The largest absolute Gasteiger partial charge is 1.00 e. The van der Waals surface area contributed by atoms with Crippen molar-refractivity contribution in [2.75, 3.05) is 0 Å². The first kappa shape index (κ1) is 29.2. The van der Waals surface area contributed by atoms with Crippen LogP contribution in [0.25, 0.3) is 5.41 Å². The van der Waals surface area contributed by atoms with E-state index in [9.17, 15) is 21.6 Å².